The number of aromatic nitrogens is 1. The summed E-state index contributed by atoms with van der Waals surface area (Å²) in [5.41, 5.74) is 4.86. The third-order valence-corrected chi connectivity index (χ3v) is 9.26. The summed E-state index contributed by atoms with van der Waals surface area (Å²) in [7, 11) is -3.62. The van der Waals surface area contributed by atoms with Gasteiger partial charge in [0.15, 0.2) is 5.13 Å². The maximum Gasteiger partial charge on any atom is 0.244 e. The molecule has 2 heterocycles. The van der Waals surface area contributed by atoms with E-state index in [4.69, 9.17) is 16.6 Å². The van der Waals surface area contributed by atoms with Crippen molar-refractivity contribution in [1.82, 2.24) is 9.29 Å². The molecule has 3 aromatic rings. The minimum absolute atomic E-state index is 0.149. The predicted molar refractivity (Wildman–Crippen MR) is 131 cm³/mol. The lowest BCUT2D eigenvalue weighted by Gasteiger charge is -2.34. The molecular formula is C22H23BrClN3O2S2. The van der Waals surface area contributed by atoms with Gasteiger partial charge >= 0.3 is 0 Å². The van der Waals surface area contributed by atoms with E-state index in [-0.39, 0.29) is 9.92 Å². The molecule has 1 aliphatic heterocycles. The number of thiazole rings is 1. The van der Waals surface area contributed by atoms with Crippen LogP contribution in [0, 0.1) is 13.8 Å². The molecular weight excluding hydrogens is 518 g/mol. The Hall–Kier alpha value is -1.45. The van der Waals surface area contributed by atoms with Crippen LogP contribution in [0.15, 0.2) is 51.1 Å². The van der Waals surface area contributed by atoms with E-state index in [0.717, 1.165) is 21.7 Å². The van der Waals surface area contributed by atoms with Gasteiger partial charge in [0.05, 0.1) is 10.7 Å². The van der Waals surface area contributed by atoms with E-state index in [1.54, 1.807) is 29.5 Å². The number of hydrogen-bond donors (Lipinski definition) is 0. The van der Waals surface area contributed by atoms with E-state index in [9.17, 15) is 8.42 Å². The Labute approximate surface area is 200 Å². The van der Waals surface area contributed by atoms with E-state index in [1.165, 1.54) is 21.0 Å². The van der Waals surface area contributed by atoms with E-state index < -0.39 is 10.0 Å². The van der Waals surface area contributed by atoms with Gasteiger partial charge in [0.25, 0.3) is 0 Å². The van der Waals surface area contributed by atoms with Gasteiger partial charge < -0.3 is 4.90 Å². The number of halogens is 2. The Bertz CT molecular complexity index is 1210. The van der Waals surface area contributed by atoms with Gasteiger partial charge in [-0.2, -0.15) is 4.31 Å². The summed E-state index contributed by atoms with van der Waals surface area (Å²) in [6.45, 7) is 6.23. The van der Waals surface area contributed by atoms with E-state index in [1.807, 2.05) is 0 Å². The topological polar surface area (TPSA) is 53.5 Å². The summed E-state index contributed by atoms with van der Waals surface area (Å²) >= 11 is 11.1. The Morgan fingerprint density at radius 2 is 1.84 bits per heavy atom. The van der Waals surface area contributed by atoms with Crippen LogP contribution in [-0.4, -0.2) is 43.9 Å². The third kappa shape index (κ3) is 4.98. The molecule has 31 heavy (non-hydrogen) atoms. The predicted octanol–water partition coefficient (Wildman–Crippen LogP) is 5.28. The highest BCUT2D eigenvalue weighted by molar-refractivity contribution is 9.10. The van der Waals surface area contributed by atoms with Crippen molar-refractivity contribution in [3.05, 3.63) is 73.7 Å². The second kappa shape index (κ2) is 9.19. The van der Waals surface area contributed by atoms with Crippen LogP contribution in [0.5, 0.6) is 0 Å². The molecule has 0 atom stereocenters. The molecule has 1 fully saturated rings. The van der Waals surface area contributed by atoms with Crippen LogP contribution < -0.4 is 4.90 Å². The number of sulfonamides is 1. The minimum atomic E-state index is -3.62. The summed E-state index contributed by atoms with van der Waals surface area (Å²) in [5, 5.41) is 3.27. The smallest absolute Gasteiger partial charge is 0.244 e. The Kier molecular flexibility index (Phi) is 6.74. The van der Waals surface area contributed by atoms with Crippen molar-refractivity contribution in [3.8, 4) is 0 Å². The monoisotopic (exact) mass is 539 g/mol. The summed E-state index contributed by atoms with van der Waals surface area (Å²) < 4.78 is 28.3. The van der Waals surface area contributed by atoms with Gasteiger partial charge in [-0.1, -0.05) is 51.3 Å². The lowest BCUT2D eigenvalue weighted by molar-refractivity contribution is 0.384. The fraction of sp³-hybridized carbons (Fsp3) is 0.318. The quantitative estimate of drug-likeness (QED) is 0.442. The zero-order valence-electron chi connectivity index (χ0n) is 17.3. The van der Waals surface area contributed by atoms with E-state index in [2.05, 4.69) is 58.3 Å². The van der Waals surface area contributed by atoms with Crippen LogP contribution in [0.1, 0.15) is 22.4 Å². The molecule has 1 aliphatic rings. The standard InChI is InChI=1S/C22H23BrClN3O2S2/c1-15-3-4-16(2)17(11-15)12-19-14-30-22(25-19)26-7-9-27(10-8-26)31(28,29)21-6-5-18(23)13-20(21)24/h3-6,11,13-14H,7-10,12H2,1-2H3. The van der Waals surface area contributed by atoms with E-state index >= 15 is 0 Å². The zero-order chi connectivity index (χ0) is 22.2. The van der Waals surface area contributed by atoms with Crippen molar-refractivity contribution >= 4 is 54.0 Å². The van der Waals surface area contributed by atoms with E-state index in [0.29, 0.717) is 26.2 Å². The first-order chi connectivity index (χ1) is 14.7. The zero-order valence-corrected chi connectivity index (χ0v) is 21.3. The Morgan fingerprint density at radius 1 is 1.10 bits per heavy atom. The fourth-order valence-electron chi connectivity index (χ4n) is 3.65. The second-order valence-electron chi connectivity index (χ2n) is 7.69. The van der Waals surface area contributed by atoms with Crippen molar-refractivity contribution < 1.29 is 8.42 Å². The van der Waals surface area contributed by atoms with Gasteiger partial charge in [-0.3, -0.25) is 0 Å². The van der Waals surface area contributed by atoms with Gasteiger partial charge in [-0.25, -0.2) is 13.4 Å². The highest BCUT2D eigenvalue weighted by atomic mass is 79.9. The van der Waals surface area contributed by atoms with Crippen LogP contribution in [0.25, 0.3) is 0 Å². The molecule has 0 saturated carbocycles. The molecule has 0 aliphatic carbocycles. The molecule has 4 rings (SSSR count). The normalized spacial score (nSPS) is 15.4. The van der Waals surface area contributed by atoms with Crippen molar-refractivity contribution in [2.24, 2.45) is 0 Å². The molecule has 0 spiro atoms. The number of piperazine rings is 1. The molecule has 0 amide bonds. The maximum absolute atomic E-state index is 13.0. The molecule has 0 radical (unpaired) electrons. The molecule has 9 heteroatoms. The molecule has 2 aromatic carbocycles. The van der Waals surface area contributed by atoms with Crippen LogP contribution in [0.4, 0.5) is 5.13 Å². The SMILES string of the molecule is Cc1ccc(C)c(Cc2csc(N3CCN(S(=O)(=O)c4ccc(Br)cc4Cl)CC3)n2)c1. The molecule has 164 valence electrons. The average Bonchev–Trinajstić information content (AvgIpc) is 3.19. The van der Waals surface area contributed by atoms with Gasteiger partial charge in [0.1, 0.15) is 4.90 Å². The van der Waals surface area contributed by atoms with Crippen LogP contribution >= 0.6 is 38.9 Å². The largest absolute Gasteiger partial charge is 0.345 e. The van der Waals surface area contributed by atoms with Crippen molar-refractivity contribution in [3.63, 3.8) is 0 Å². The number of nitrogens with zero attached hydrogens (tertiary/aromatic N) is 3. The van der Waals surface area contributed by atoms with Gasteiger partial charge in [0.2, 0.25) is 10.0 Å². The van der Waals surface area contributed by atoms with Crippen LogP contribution in [0.2, 0.25) is 5.02 Å². The molecule has 1 aromatic heterocycles. The summed E-state index contributed by atoms with van der Waals surface area (Å²) in [5.74, 6) is 0. The highest BCUT2D eigenvalue weighted by Gasteiger charge is 2.31. The van der Waals surface area contributed by atoms with Crippen LogP contribution in [-0.2, 0) is 16.4 Å². The van der Waals surface area contributed by atoms with Crippen molar-refractivity contribution in [2.45, 2.75) is 25.2 Å². The third-order valence-electron chi connectivity index (χ3n) is 5.44. The Morgan fingerprint density at radius 3 is 2.55 bits per heavy atom. The average molecular weight is 541 g/mol. The van der Waals surface area contributed by atoms with Gasteiger partial charge in [-0.15, -0.1) is 11.3 Å². The molecule has 0 unspecified atom stereocenters. The molecule has 5 nitrogen and oxygen atoms in total. The second-order valence-corrected chi connectivity index (χ2v) is 11.8. The lowest BCUT2D eigenvalue weighted by atomic mass is 10.0. The summed E-state index contributed by atoms with van der Waals surface area (Å²) in [4.78, 5) is 7.13. The summed E-state index contributed by atoms with van der Waals surface area (Å²) in [6, 6.07) is 11.3. The first kappa shape index (κ1) is 22.7. The number of aryl methyl sites for hydroxylation is 2. The highest BCUT2D eigenvalue weighted by Crippen LogP contribution is 2.30. The van der Waals surface area contributed by atoms with Gasteiger partial charge in [-0.05, 0) is 43.2 Å². The maximum atomic E-state index is 13.0. The number of hydrogen-bond acceptors (Lipinski definition) is 5. The van der Waals surface area contributed by atoms with Crippen molar-refractivity contribution in [1.29, 1.82) is 0 Å². The molecule has 0 N–H and O–H groups in total. The number of anilines is 1. The molecule has 1 saturated heterocycles. The fourth-order valence-corrected chi connectivity index (χ4v) is 6.96. The number of rotatable bonds is 5. The van der Waals surface area contributed by atoms with Crippen LogP contribution in [0.3, 0.4) is 0 Å². The van der Waals surface area contributed by atoms with Crippen molar-refractivity contribution in [2.75, 3.05) is 31.1 Å². The first-order valence-corrected chi connectivity index (χ1v) is 13.4. The Balaban J connectivity index is 1.43. The summed E-state index contributed by atoms with van der Waals surface area (Å²) in [6.07, 6.45) is 0.806. The first-order valence-electron chi connectivity index (χ1n) is 9.95. The molecule has 0 bridgehead atoms. The number of benzene rings is 2. The lowest BCUT2D eigenvalue weighted by Crippen LogP contribution is -2.48. The minimum Gasteiger partial charge on any atom is -0.345 e. The van der Waals surface area contributed by atoms with Gasteiger partial charge in [0, 0.05) is 42.5 Å².